The van der Waals surface area contributed by atoms with Gasteiger partial charge in [0.15, 0.2) is 0 Å². The molecule has 1 heterocycles. The van der Waals surface area contributed by atoms with Crippen LogP contribution < -0.4 is 4.90 Å². The molecular weight excluding hydrogens is 715 g/mol. The molecule has 0 unspecified atom stereocenters. The number of hydrogen-bond acceptors (Lipinski definition) is 2. The Morgan fingerprint density at radius 3 is 1.63 bits per heavy atom. The molecule has 0 spiro atoms. The maximum absolute atomic E-state index is 6.45. The third kappa shape index (κ3) is 5.87. The van der Waals surface area contributed by atoms with E-state index in [1.165, 1.54) is 55.6 Å². The number of fused-ring (bicyclic) bond motifs is 6. The van der Waals surface area contributed by atoms with Gasteiger partial charge in [-0.05, 0) is 110 Å². The van der Waals surface area contributed by atoms with Crippen molar-refractivity contribution < 1.29 is 4.42 Å². The second-order valence-corrected chi connectivity index (χ2v) is 16.1. The fourth-order valence-electron chi connectivity index (χ4n) is 9.30. The van der Waals surface area contributed by atoms with Gasteiger partial charge < -0.3 is 9.32 Å². The number of benzene rings is 9. The van der Waals surface area contributed by atoms with Gasteiger partial charge >= 0.3 is 0 Å². The predicted molar refractivity (Wildman–Crippen MR) is 248 cm³/mol. The Morgan fingerprint density at radius 2 is 0.864 bits per heavy atom. The van der Waals surface area contributed by atoms with Crippen molar-refractivity contribution in [3.8, 4) is 55.6 Å². The lowest BCUT2D eigenvalue weighted by molar-refractivity contribution is 0.660. The zero-order valence-corrected chi connectivity index (χ0v) is 33.1. The van der Waals surface area contributed by atoms with Gasteiger partial charge in [-0.2, -0.15) is 0 Å². The molecule has 0 amide bonds. The quantitative estimate of drug-likeness (QED) is 0.161. The maximum Gasteiger partial charge on any atom is 0.143 e. The van der Waals surface area contributed by atoms with Crippen LogP contribution in [-0.4, -0.2) is 0 Å². The van der Waals surface area contributed by atoms with E-state index in [2.05, 4.69) is 219 Å². The van der Waals surface area contributed by atoms with E-state index in [0.29, 0.717) is 0 Å². The third-order valence-electron chi connectivity index (χ3n) is 12.3. The van der Waals surface area contributed by atoms with Crippen LogP contribution in [0.25, 0.3) is 77.6 Å². The summed E-state index contributed by atoms with van der Waals surface area (Å²) < 4.78 is 6.45. The van der Waals surface area contributed by atoms with Crippen LogP contribution in [0.2, 0.25) is 0 Å². The second-order valence-electron chi connectivity index (χ2n) is 16.1. The molecule has 59 heavy (non-hydrogen) atoms. The summed E-state index contributed by atoms with van der Waals surface area (Å²) in [4.78, 5) is 2.37. The van der Waals surface area contributed by atoms with Gasteiger partial charge in [-0.15, -0.1) is 0 Å². The molecule has 10 aromatic rings. The van der Waals surface area contributed by atoms with Crippen LogP contribution in [0.3, 0.4) is 0 Å². The fourth-order valence-corrected chi connectivity index (χ4v) is 9.30. The van der Waals surface area contributed by atoms with Gasteiger partial charge in [-0.1, -0.05) is 178 Å². The summed E-state index contributed by atoms with van der Waals surface area (Å²) in [7, 11) is 0. The smallest absolute Gasteiger partial charge is 0.143 e. The average Bonchev–Trinajstić information content (AvgIpc) is 3.79. The first-order valence-electron chi connectivity index (χ1n) is 20.4. The molecule has 0 fully saturated rings. The second kappa shape index (κ2) is 13.9. The largest absolute Gasteiger partial charge is 0.455 e. The molecule has 11 rings (SSSR count). The van der Waals surface area contributed by atoms with E-state index in [-0.39, 0.29) is 5.41 Å². The molecule has 0 bridgehead atoms. The van der Waals surface area contributed by atoms with Crippen molar-refractivity contribution in [1.82, 2.24) is 0 Å². The topological polar surface area (TPSA) is 16.4 Å². The molecule has 9 aromatic carbocycles. The van der Waals surface area contributed by atoms with Gasteiger partial charge in [0.1, 0.15) is 11.2 Å². The van der Waals surface area contributed by atoms with Gasteiger partial charge in [-0.25, -0.2) is 0 Å². The van der Waals surface area contributed by atoms with Crippen molar-refractivity contribution in [3.05, 3.63) is 223 Å². The molecule has 2 heteroatoms. The van der Waals surface area contributed by atoms with E-state index in [9.17, 15) is 0 Å². The van der Waals surface area contributed by atoms with Gasteiger partial charge in [0.05, 0.1) is 0 Å². The Kier molecular flexibility index (Phi) is 8.20. The molecule has 1 aliphatic carbocycles. The number of hydrogen-bond donors (Lipinski definition) is 0. The van der Waals surface area contributed by atoms with Gasteiger partial charge in [0.25, 0.3) is 0 Å². The highest BCUT2D eigenvalue weighted by atomic mass is 16.3. The van der Waals surface area contributed by atoms with Crippen molar-refractivity contribution in [2.45, 2.75) is 19.3 Å². The van der Waals surface area contributed by atoms with E-state index in [0.717, 1.165) is 50.1 Å². The Morgan fingerprint density at radius 1 is 0.339 bits per heavy atom. The van der Waals surface area contributed by atoms with Crippen molar-refractivity contribution in [2.75, 3.05) is 4.90 Å². The molecule has 0 radical (unpaired) electrons. The standard InChI is InChI=1S/C57H41NO/c1-57(2)53-22-11-9-18-48(53)49-34-28-42(36-54(49)57)46-35-33-45(37-52(46)40-16-7-4-8-17-40)58(43-29-24-39(25-30-43)38-14-5-3-6-15-38)44-31-26-41(27-32-44)47-20-13-21-51-50-19-10-12-23-55(50)59-56(47)51/h3-37H,1-2H3. The number of para-hydroxylation sites is 2. The van der Waals surface area contributed by atoms with Crippen LogP contribution in [0.4, 0.5) is 17.1 Å². The van der Waals surface area contributed by atoms with Gasteiger partial charge in [0, 0.05) is 38.8 Å². The molecule has 1 aliphatic rings. The molecule has 0 atom stereocenters. The SMILES string of the molecule is CC1(C)c2ccccc2-c2ccc(-c3ccc(N(c4ccc(-c5ccccc5)cc4)c4ccc(-c5cccc6c5oc5ccccc56)cc4)cc3-c3ccccc3)cc21. The Labute approximate surface area is 345 Å². The lowest BCUT2D eigenvalue weighted by atomic mass is 9.81. The zero-order valence-electron chi connectivity index (χ0n) is 33.1. The van der Waals surface area contributed by atoms with Gasteiger partial charge in [0.2, 0.25) is 0 Å². The van der Waals surface area contributed by atoms with E-state index >= 15 is 0 Å². The summed E-state index contributed by atoms with van der Waals surface area (Å²) in [5.41, 5.74) is 19.8. The van der Waals surface area contributed by atoms with E-state index in [1.54, 1.807) is 0 Å². The van der Waals surface area contributed by atoms with Crippen molar-refractivity contribution in [1.29, 1.82) is 0 Å². The lowest BCUT2D eigenvalue weighted by Gasteiger charge is -2.27. The molecule has 2 nitrogen and oxygen atoms in total. The highest BCUT2D eigenvalue weighted by molar-refractivity contribution is 6.09. The van der Waals surface area contributed by atoms with Crippen molar-refractivity contribution in [3.63, 3.8) is 0 Å². The third-order valence-corrected chi connectivity index (χ3v) is 12.3. The highest BCUT2D eigenvalue weighted by Crippen LogP contribution is 2.50. The van der Waals surface area contributed by atoms with Crippen molar-refractivity contribution in [2.24, 2.45) is 0 Å². The summed E-state index contributed by atoms with van der Waals surface area (Å²) in [5, 5.41) is 2.27. The van der Waals surface area contributed by atoms with Crippen LogP contribution >= 0.6 is 0 Å². The predicted octanol–water partition coefficient (Wildman–Crippen LogP) is 16.0. The minimum Gasteiger partial charge on any atom is -0.455 e. The van der Waals surface area contributed by atoms with Crippen molar-refractivity contribution >= 4 is 39.0 Å². The highest BCUT2D eigenvalue weighted by Gasteiger charge is 2.35. The normalized spacial score (nSPS) is 12.7. The van der Waals surface area contributed by atoms with Gasteiger partial charge in [-0.3, -0.25) is 0 Å². The van der Waals surface area contributed by atoms with E-state index < -0.39 is 0 Å². The van der Waals surface area contributed by atoms with Crippen LogP contribution in [-0.2, 0) is 5.41 Å². The fraction of sp³-hybridized carbons (Fsp3) is 0.0526. The van der Waals surface area contributed by atoms with E-state index in [1.807, 2.05) is 12.1 Å². The first-order chi connectivity index (χ1) is 29.0. The molecule has 280 valence electrons. The average molecular weight is 756 g/mol. The number of rotatable bonds is 7. The molecule has 0 N–H and O–H groups in total. The summed E-state index contributed by atoms with van der Waals surface area (Å²) in [6.45, 7) is 4.71. The monoisotopic (exact) mass is 755 g/mol. The maximum atomic E-state index is 6.45. The Balaban J connectivity index is 1.05. The summed E-state index contributed by atoms with van der Waals surface area (Å²) in [5.74, 6) is 0. The minimum atomic E-state index is -0.0837. The summed E-state index contributed by atoms with van der Waals surface area (Å²) in [6, 6.07) is 76.8. The minimum absolute atomic E-state index is 0.0837. The summed E-state index contributed by atoms with van der Waals surface area (Å²) >= 11 is 0. The summed E-state index contributed by atoms with van der Waals surface area (Å²) in [6.07, 6.45) is 0. The van der Waals surface area contributed by atoms with Crippen LogP contribution in [0.1, 0.15) is 25.0 Å². The molecular formula is C57H41NO. The Bertz CT molecular complexity index is 3160. The number of nitrogens with zero attached hydrogens (tertiary/aromatic N) is 1. The lowest BCUT2D eigenvalue weighted by Crippen LogP contribution is -2.14. The molecule has 1 aromatic heterocycles. The number of furan rings is 1. The Hall–Kier alpha value is -7.42. The van der Waals surface area contributed by atoms with Crippen LogP contribution in [0.15, 0.2) is 217 Å². The first-order valence-corrected chi connectivity index (χ1v) is 20.4. The molecule has 0 saturated heterocycles. The zero-order chi connectivity index (χ0) is 39.5. The number of anilines is 3. The first kappa shape index (κ1) is 34.8. The van der Waals surface area contributed by atoms with Crippen LogP contribution in [0.5, 0.6) is 0 Å². The van der Waals surface area contributed by atoms with Crippen LogP contribution in [0, 0.1) is 0 Å². The molecule has 0 saturated carbocycles. The van der Waals surface area contributed by atoms with E-state index in [4.69, 9.17) is 4.42 Å². The molecule has 0 aliphatic heterocycles.